The monoisotopic (exact) mass is 449 g/mol. The molecule has 1 aromatic carbocycles. The van der Waals surface area contributed by atoms with Crippen LogP contribution >= 0.6 is 27.9 Å². The van der Waals surface area contributed by atoms with E-state index in [1.165, 1.54) is 30.6 Å². The van der Waals surface area contributed by atoms with Crippen LogP contribution in [-0.2, 0) is 0 Å². The van der Waals surface area contributed by atoms with E-state index in [0.29, 0.717) is 5.70 Å². The van der Waals surface area contributed by atoms with Gasteiger partial charge in [-0.1, -0.05) is 31.4 Å². The maximum Gasteiger partial charge on any atom is 0.0579 e. The van der Waals surface area contributed by atoms with Gasteiger partial charge >= 0.3 is 0 Å². The van der Waals surface area contributed by atoms with Crippen molar-refractivity contribution >= 4 is 33.6 Å². The van der Waals surface area contributed by atoms with Gasteiger partial charge in [-0.2, -0.15) is 0 Å². The van der Waals surface area contributed by atoms with Gasteiger partial charge in [-0.15, -0.1) is 0 Å². The molecular formula is C20H28BrN5S. The number of nitrogens with zero attached hydrogens (tertiary/aromatic N) is 2. The third-order valence-corrected chi connectivity index (χ3v) is 5.89. The van der Waals surface area contributed by atoms with Crippen molar-refractivity contribution < 1.29 is 0 Å². The van der Waals surface area contributed by atoms with Crippen molar-refractivity contribution in [2.45, 2.75) is 37.0 Å². The molecule has 2 aromatic rings. The Morgan fingerprint density at radius 1 is 1.11 bits per heavy atom. The zero-order valence-electron chi connectivity index (χ0n) is 15.5. The second-order valence-electron chi connectivity index (χ2n) is 6.26. The Balaban J connectivity index is 1.49. The third-order valence-electron chi connectivity index (χ3n) is 4.01. The lowest BCUT2D eigenvalue weighted by molar-refractivity contribution is 0.377. The number of benzene rings is 1. The molecule has 0 aliphatic rings. The van der Waals surface area contributed by atoms with Crippen molar-refractivity contribution in [2.24, 2.45) is 11.6 Å². The average molecular weight is 450 g/mol. The van der Waals surface area contributed by atoms with Gasteiger partial charge < -0.3 is 10.7 Å². The van der Waals surface area contributed by atoms with Crippen LogP contribution in [0.2, 0.25) is 0 Å². The van der Waals surface area contributed by atoms with E-state index in [4.69, 9.17) is 11.6 Å². The summed E-state index contributed by atoms with van der Waals surface area (Å²) in [5.41, 5.74) is 7.56. The maximum atomic E-state index is 6.03. The lowest BCUT2D eigenvalue weighted by Crippen LogP contribution is -2.27. The van der Waals surface area contributed by atoms with Crippen LogP contribution in [0, 0.1) is 0 Å². The number of unbranched alkanes of at least 4 members (excludes halogenated alkanes) is 4. The fourth-order valence-corrected chi connectivity index (χ4v) is 3.77. The molecule has 7 heteroatoms. The average Bonchev–Trinajstić information content (AvgIpc) is 2.68. The fourth-order valence-electron chi connectivity index (χ4n) is 2.53. The predicted molar refractivity (Wildman–Crippen MR) is 118 cm³/mol. The normalized spacial score (nSPS) is 11.6. The number of nitrogens with two attached hydrogens (primary N) is 2. The summed E-state index contributed by atoms with van der Waals surface area (Å²) in [6.07, 6.45) is 11.1. The highest BCUT2D eigenvalue weighted by Crippen LogP contribution is 2.24. The molecule has 0 radical (unpaired) electrons. The number of halogens is 1. The minimum atomic E-state index is 0.638. The topological polar surface area (TPSA) is 80.2 Å². The Morgan fingerprint density at radius 3 is 2.67 bits per heavy atom. The third kappa shape index (κ3) is 8.79. The van der Waals surface area contributed by atoms with Crippen LogP contribution in [0.3, 0.4) is 0 Å². The fraction of sp³-hybridized carbons (Fsp3) is 0.350. The van der Waals surface area contributed by atoms with Crippen molar-refractivity contribution in [2.75, 3.05) is 13.1 Å². The Morgan fingerprint density at radius 2 is 1.89 bits per heavy atom. The van der Waals surface area contributed by atoms with Crippen molar-refractivity contribution in [3.63, 3.8) is 0 Å². The summed E-state index contributed by atoms with van der Waals surface area (Å²) in [6.45, 7) is 1.82. The van der Waals surface area contributed by atoms with Gasteiger partial charge in [0, 0.05) is 46.6 Å². The van der Waals surface area contributed by atoms with Crippen molar-refractivity contribution in [1.29, 1.82) is 0 Å². The summed E-state index contributed by atoms with van der Waals surface area (Å²) in [5.74, 6) is 6.00. The van der Waals surface area contributed by atoms with Gasteiger partial charge in [0.15, 0.2) is 0 Å². The second kappa shape index (κ2) is 12.8. The molecule has 0 saturated heterocycles. The number of hydrazine groups is 1. The van der Waals surface area contributed by atoms with Crippen molar-refractivity contribution in [3.05, 3.63) is 65.0 Å². The summed E-state index contributed by atoms with van der Waals surface area (Å²) in [6, 6.07) is 12.0. The van der Waals surface area contributed by atoms with Crippen LogP contribution in [0.5, 0.6) is 0 Å². The SMILES string of the molecule is N/C(=C\N(N)CCCCCCCNSc1ccccc1Br)c1cccnc1. The molecule has 5 N–H and O–H groups in total. The zero-order chi connectivity index (χ0) is 19.3. The molecule has 0 fully saturated rings. The van der Waals surface area contributed by atoms with Crippen LogP contribution in [0.1, 0.15) is 37.7 Å². The summed E-state index contributed by atoms with van der Waals surface area (Å²) < 4.78 is 4.55. The zero-order valence-corrected chi connectivity index (χ0v) is 17.9. The summed E-state index contributed by atoms with van der Waals surface area (Å²) >= 11 is 5.24. The lowest BCUT2D eigenvalue weighted by Gasteiger charge is -2.15. The molecule has 0 saturated carbocycles. The van der Waals surface area contributed by atoms with E-state index in [1.807, 2.05) is 18.2 Å². The molecule has 2 rings (SSSR count). The first kappa shape index (κ1) is 21.8. The maximum absolute atomic E-state index is 6.03. The Bertz CT molecular complexity index is 696. The minimum Gasteiger partial charge on any atom is -0.397 e. The number of hydrogen-bond acceptors (Lipinski definition) is 6. The summed E-state index contributed by atoms with van der Waals surface area (Å²) in [4.78, 5) is 5.28. The van der Waals surface area contributed by atoms with Gasteiger partial charge in [-0.25, -0.2) is 5.84 Å². The first-order valence-corrected chi connectivity index (χ1v) is 10.8. The van der Waals surface area contributed by atoms with E-state index in [9.17, 15) is 0 Å². The molecule has 0 atom stereocenters. The number of rotatable bonds is 12. The van der Waals surface area contributed by atoms with Crippen LogP contribution in [0.25, 0.3) is 5.70 Å². The second-order valence-corrected chi connectivity index (χ2v) is 8.05. The minimum absolute atomic E-state index is 0.638. The number of aromatic nitrogens is 1. The first-order chi connectivity index (χ1) is 13.2. The molecular weight excluding hydrogens is 422 g/mol. The number of nitrogens with one attached hydrogen (secondary N) is 1. The van der Waals surface area contributed by atoms with Gasteiger partial charge in [-0.3, -0.25) is 9.71 Å². The molecule has 0 aliphatic carbocycles. The highest BCUT2D eigenvalue weighted by Gasteiger charge is 2.00. The van der Waals surface area contributed by atoms with Crippen LogP contribution in [0.4, 0.5) is 0 Å². The Labute approximate surface area is 174 Å². The molecule has 1 heterocycles. The predicted octanol–water partition coefficient (Wildman–Crippen LogP) is 4.52. The Kier molecular flexibility index (Phi) is 10.3. The lowest BCUT2D eigenvalue weighted by atomic mass is 10.1. The van der Waals surface area contributed by atoms with Crippen LogP contribution in [0.15, 0.2) is 64.4 Å². The standard InChI is InChI=1S/C20H28BrN5S/c21-18-10-4-5-11-20(18)27-25-13-6-2-1-3-7-14-26(23)16-19(22)17-9-8-12-24-15-17/h4-5,8-12,15-16,25H,1-3,6-7,13-14,22-23H2/b19-16-. The number of hydrogen-bond donors (Lipinski definition) is 3. The quantitative estimate of drug-likeness (QED) is 0.191. The number of pyridine rings is 1. The molecule has 27 heavy (non-hydrogen) atoms. The van der Waals surface area contributed by atoms with Crippen molar-refractivity contribution in [1.82, 2.24) is 14.7 Å². The van der Waals surface area contributed by atoms with E-state index in [-0.39, 0.29) is 0 Å². The van der Waals surface area contributed by atoms with Gasteiger partial charge in [0.05, 0.1) is 5.70 Å². The molecule has 0 amide bonds. The largest absolute Gasteiger partial charge is 0.397 e. The molecule has 0 aliphatic heterocycles. The van der Waals surface area contributed by atoms with Gasteiger partial charge in [0.1, 0.15) is 0 Å². The van der Waals surface area contributed by atoms with E-state index < -0.39 is 0 Å². The molecule has 146 valence electrons. The highest BCUT2D eigenvalue weighted by molar-refractivity contribution is 9.10. The highest BCUT2D eigenvalue weighted by atomic mass is 79.9. The Hall–Kier alpha value is -1.54. The van der Waals surface area contributed by atoms with E-state index >= 15 is 0 Å². The van der Waals surface area contributed by atoms with E-state index in [2.05, 4.69) is 43.8 Å². The van der Waals surface area contributed by atoms with Gasteiger partial charge in [-0.05, 0) is 65.0 Å². The molecule has 0 unspecified atom stereocenters. The smallest absolute Gasteiger partial charge is 0.0579 e. The van der Waals surface area contributed by atoms with Gasteiger partial charge in [0.25, 0.3) is 0 Å². The van der Waals surface area contributed by atoms with E-state index in [1.54, 1.807) is 35.6 Å². The molecule has 0 bridgehead atoms. The van der Waals surface area contributed by atoms with Crippen LogP contribution in [-0.4, -0.2) is 23.1 Å². The molecule has 0 spiro atoms. The summed E-state index contributed by atoms with van der Waals surface area (Å²) in [7, 11) is 0. The summed E-state index contributed by atoms with van der Waals surface area (Å²) in [5, 5.41) is 1.66. The van der Waals surface area contributed by atoms with E-state index in [0.717, 1.165) is 29.5 Å². The van der Waals surface area contributed by atoms with Crippen molar-refractivity contribution in [3.8, 4) is 0 Å². The van der Waals surface area contributed by atoms with Crippen LogP contribution < -0.4 is 16.3 Å². The molecule has 1 aromatic heterocycles. The van der Waals surface area contributed by atoms with Gasteiger partial charge in [0.2, 0.25) is 0 Å². The first-order valence-electron chi connectivity index (χ1n) is 9.20. The molecule has 5 nitrogen and oxygen atoms in total.